The van der Waals surface area contributed by atoms with E-state index in [-0.39, 0.29) is 23.5 Å². The monoisotopic (exact) mass is 354 g/mol. The van der Waals surface area contributed by atoms with Crippen LogP contribution in [0.5, 0.6) is 0 Å². The van der Waals surface area contributed by atoms with Crippen LogP contribution in [0.25, 0.3) is 0 Å². The van der Waals surface area contributed by atoms with Gasteiger partial charge in [-0.05, 0) is 48.9 Å². The van der Waals surface area contributed by atoms with Crippen molar-refractivity contribution in [3.05, 3.63) is 65.2 Å². The Morgan fingerprint density at radius 1 is 1.08 bits per heavy atom. The molecule has 5 nitrogen and oxygen atoms in total. The first kappa shape index (κ1) is 17.9. The Morgan fingerprint density at radius 2 is 1.75 bits per heavy atom. The summed E-state index contributed by atoms with van der Waals surface area (Å²) < 4.78 is 52.3. The van der Waals surface area contributed by atoms with Crippen molar-refractivity contribution in [2.75, 3.05) is 17.0 Å². The van der Waals surface area contributed by atoms with E-state index in [0.29, 0.717) is 5.56 Å². The largest absolute Gasteiger partial charge is 0.351 e. The van der Waals surface area contributed by atoms with Crippen LogP contribution in [-0.2, 0) is 10.0 Å². The van der Waals surface area contributed by atoms with Crippen LogP contribution in [0.15, 0.2) is 42.5 Å². The van der Waals surface area contributed by atoms with Crippen molar-refractivity contribution < 1.29 is 22.0 Å². The van der Waals surface area contributed by atoms with E-state index in [9.17, 15) is 22.0 Å². The van der Waals surface area contributed by atoms with Crippen LogP contribution in [0.3, 0.4) is 0 Å². The fraction of sp³-hybridized carbons (Fsp3) is 0.188. The van der Waals surface area contributed by atoms with E-state index in [1.807, 2.05) is 0 Å². The Hall–Kier alpha value is -2.48. The molecule has 0 saturated carbocycles. The Morgan fingerprint density at radius 3 is 2.38 bits per heavy atom. The second-order valence-electron chi connectivity index (χ2n) is 5.15. The molecule has 0 saturated heterocycles. The third-order valence-electron chi connectivity index (χ3n) is 3.21. The molecule has 0 atom stereocenters. The molecule has 2 rings (SSSR count). The number of hydrogen-bond donors (Lipinski definition) is 2. The minimum absolute atomic E-state index is 0.114. The molecule has 0 aliphatic carbocycles. The lowest BCUT2D eigenvalue weighted by Gasteiger charge is -2.10. The lowest BCUT2D eigenvalue weighted by Crippen LogP contribution is -2.31. The van der Waals surface area contributed by atoms with Crippen molar-refractivity contribution >= 4 is 21.6 Å². The van der Waals surface area contributed by atoms with Crippen LogP contribution in [0.2, 0.25) is 0 Å². The van der Waals surface area contributed by atoms with Crippen molar-refractivity contribution in [2.45, 2.75) is 6.92 Å². The van der Waals surface area contributed by atoms with Crippen LogP contribution in [0.1, 0.15) is 15.9 Å². The van der Waals surface area contributed by atoms with E-state index >= 15 is 0 Å². The molecular formula is C16H16F2N2O3S. The average Bonchev–Trinajstić information content (AvgIpc) is 2.51. The molecule has 0 fully saturated rings. The molecule has 0 spiro atoms. The van der Waals surface area contributed by atoms with Gasteiger partial charge in [0.1, 0.15) is 11.6 Å². The van der Waals surface area contributed by atoms with Gasteiger partial charge >= 0.3 is 0 Å². The topological polar surface area (TPSA) is 75.3 Å². The summed E-state index contributed by atoms with van der Waals surface area (Å²) >= 11 is 0. The quantitative estimate of drug-likeness (QED) is 0.837. The van der Waals surface area contributed by atoms with E-state index in [1.54, 1.807) is 6.92 Å². The van der Waals surface area contributed by atoms with Crippen LogP contribution in [-0.4, -0.2) is 26.6 Å². The van der Waals surface area contributed by atoms with Crippen molar-refractivity contribution in [1.82, 2.24) is 5.32 Å². The van der Waals surface area contributed by atoms with Crippen molar-refractivity contribution in [2.24, 2.45) is 0 Å². The van der Waals surface area contributed by atoms with Gasteiger partial charge in [-0.25, -0.2) is 17.2 Å². The minimum Gasteiger partial charge on any atom is -0.351 e. The van der Waals surface area contributed by atoms with Gasteiger partial charge in [0.2, 0.25) is 10.0 Å². The first-order valence-corrected chi connectivity index (χ1v) is 8.72. The van der Waals surface area contributed by atoms with Crippen LogP contribution in [0, 0.1) is 18.6 Å². The maximum absolute atomic E-state index is 13.4. The van der Waals surface area contributed by atoms with Crippen LogP contribution in [0.4, 0.5) is 14.5 Å². The van der Waals surface area contributed by atoms with E-state index in [0.717, 1.165) is 18.2 Å². The predicted octanol–water partition coefficient (Wildman–Crippen LogP) is 2.44. The maximum Gasteiger partial charge on any atom is 0.251 e. The number of nitrogens with one attached hydrogen (secondary N) is 2. The molecule has 24 heavy (non-hydrogen) atoms. The Labute approximate surface area is 138 Å². The molecule has 0 bridgehead atoms. The third-order valence-corrected chi connectivity index (χ3v) is 4.50. The predicted molar refractivity (Wildman–Crippen MR) is 87.3 cm³/mol. The van der Waals surface area contributed by atoms with E-state index in [4.69, 9.17) is 0 Å². The Kier molecular flexibility index (Phi) is 5.50. The summed E-state index contributed by atoms with van der Waals surface area (Å²) in [6.07, 6.45) is 0. The molecule has 0 aromatic heterocycles. The van der Waals surface area contributed by atoms with Gasteiger partial charge in [-0.15, -0.1) is 0 Å². The van der Waals surface area contributed by atoms with Gasteiger partial charge in [0.15, 0.2) is 0 Å². The molecule has 2 aromatic rings. The number of sulfonamides is 1. The van der Waals surface area contributed by atoms with Gasteiger partial charge in [0.05, 0.1) is 11.4 Å². The Balaban J connectivity index is 1.89. The summed E-state index contributed by atoms with van der Waals surface area (Å²) in [5, 5.41) is 2.43. The molecule has 128 valence electrons. The van der Waals surface area contributed by atoms with Crippen molar-refractivity contribution in [1.29, 1.82) is 0 Å². The highest BCUT2D eigenvalue weighted by atomic mass is 32.2. The van der Waals surface area contributed by atoms with E-state index in [1.165, 1.54) is 24.3 Å². The molecule has 2 N–H and O–H groups in total. The Bertz CT molecular complexity index is 837. The average molecular weight is 354 g/mol. The zero-order valence-electron chi connectivity index (χ0n) is 12.8. The molecule has 0 aliphatic rings. The SMILES string of the molecule is Cc1ccc(NS(=O)(=O)CCNC(=O)c2ccc(F)cc2)cc1F. The first-order chi connectivity index (χ1) is 11.3. The van der Waals surface area contributed by atoms with Crippen LogP contribution < -0.4 is 10.0 Å². The fourth-order valence-corrected chi connectivity index (χ4v) is 2.85. The minimum atomic E-state index is -3.74. The zero-order valence-corrected chi connectivity index (χ0v) is 13.7. The number of benzene rings is 2. The summed E-state index contributed by atoms with van der Waals surface area (Å²) in [6.45, 7) is 1.43. The van der Waals surface area contributed by atoms with Gasteiger partial charge < -0.3 is 5.32 Å². The number of rotatable bonds is 6. The molecule has 0 heterocycles. The molecule has 8 heteroatoms. The third kappa shape index (κ3) is 5.02. The zero-order chi connectivity index (χ0) is 17.7. The summed E-state index contributed by atoms with van der Waals surface area (Å²) in [6, 6.07) is 8.87. The summed E-state index contributed by atoms with van der Waals surface area (Å²) in [4.78, 5) is 11.8. The number of hydrogen-bond acceptors (Lipinski definition) is 3. The highest BCUT2D eigenvalue weighted by molar-refractivity contribution is 7.92. The molecule has 0 unspecified atom stereocenters. The highest BCUT2D eigenvalue weighted by Gasteiger charge is 2.13. The van der Waals surface area contributed by atoms with Crippen molar-refractivity contribution in [3.8, 4) is 0 Å². The number of aryl methyl sites for hydroxylation is 1. The number of halogens is 2. The lowest BCUT2D eigenvalue weighted by atomic mass is 10.2. The molecule has 1 amide bonds. The maximum atomic E-state index is 13.4. The smallest absolute Gasteiger partial charge is 0.251 e. The normalized spacial score (nSPS) is 11.1. The second kappa shape index (κ2) is 7.39. The summed E-state index contributed by atoms with van der Waals surface area (Å²) in [5.74, 6) is -1.87. The molecule has 0 aliphatic heterocycles. The fourth-order valence-electron chi connectivity index (χ4n) is 1.89. The van der Waals surface area contributed by atoms with E-state index < -0.39 is 27.6 Å². The second-order valence-corrected chi connectivity index (χ2v) is 6.99. The van der Waals surface area contributed by atoms with Crippen LogP contribution >= 0.6 is 0 Å². The van der Waals surface area contributed by atoms with Gasteiger partial charge in [0, 0.05) is 12.1 Å². The van der Waals surface area contributed by atoms with Gasteiger partial charge in [-0.1, -0.05) is 6.07 Å². The van der Waals surface area contributed by atoms with Gasteiger partial charge in [0.25, 0.3) is 5.91 Å². The van der Waals surface area contributed by atoms with Gasteiger partial charge in [-0.2, -0.15) is 0 Å². The number of carbonyl (C=O) groups excluding carboxylic acids is 1. The number of amides is 1. The number of carbonyl (C=O) groups is 1. The summed E-state index contributed by atoms with van der Waals surface area (Å²) in [5.41, 5.74) is 0.745. The standard InChI is InChI=1S/C16H16F2N2O3S/c1-11-2-7-14(10-15(11)18)20-24(22,23)9-8-19-16(21)12-3-5-13(17)6-4-12/h2-7,10,20H,8-9H2,1H3,(H,19,21). The first-order valence-electron chi connectivity index (χ1n) is 7.07. The molecular weight excluding hydrogens is 338 g/mol. The highest BCUT2D eigenvalue weighted by Crippen LogP contribution is 2.14. The summed E-state index contributed by atoms with van der Waals surface area (Å²) in [7, 11) is -3.74. The number of anilines is 1. The lowest BCUT2D eigenvalue weighted by molar-refractivity contribution is 0.0956. The van der Waals surface area contributed by atoms with Crippen molar-refractivity contribution in [3.63, 3.8) is 0 Å². The van der Waals surface area contributed by atoms with E-state index in [2.05, 4.69) is 10.0 Å². The van der Waals surface area contributed by atoms with Gasteiger partial charge in [-0.3, -0.25) is 9.52 Å². The molecule has 2 aromatic carbocycles. The molecule has 0 radical (unpaired) electrons.